The van der Waals surface area contributed by atoms with Gasteiger partial charge in [0.05, 0.1) is 27.7 Å². The molecule has 0 radical (unpaired) electrons. The SMILES string of the molecule is CCCCOP(=O)(NC(=O)CCCCCCCCCC(C)CCCC)C(O)(C[N+](C)(C)C)NC(=O)CCCCCCCCCC(C)CCCC. The van der Waals surface area contributed by atoms with Crippen LogP contribution in [-0.2, 0) is 18.7 Å². The Morgan fingerprint density at radius 2 is 1.00 bits per heavy atom. The summed E-state index contributed by atoms with van der Waals surface area (Å²) >= 11 is 0. The zero-order valence-corrected chi connectivity index (χ0v) is 35.3. The van der Waals surface area contributed by atoms with Crippen LogP contribution in [0.5, 0.6) is 0 Å². The Morgan fingerprint density at radius 3 is 1.42 bits per heavy atom. The van der Waals surface area contributed by atoms with E-state index < -0.39 is 18.9 Å². The van der Waals surface area contributed by atoms with Crippen molar-refractivity contribution in [1.82, 2.24) is 10.4 Å². The predicted octanol–water partition coefficient (Wildman–Crippen LogP) is 11.3. The normalized spacial score (nSPS) is 15.6. The van der Waals surface area contributed by atoms with E-state index in [1.807, 2.05) is 28.1 Å². The van der Waals surface area contributed by atoms with Crippen LogP contribution in [0.15, 0.2) is 0 Å². The number of quaternary nitrogens is 1. The number of unbranched alkanes of at least 4 members (excludes halogenated alkanes) is 15. The summed E-state index contributed by atoms with van der Waals surface area (Å²) in [5.74, 6) is 0.877. The molecule has 0 aromatic carbocycles. The average Bonchev–Trinajstić information content (AvgIpc) is 3.03. The van der Waals surface area contributed by atoms with Gasteiger partial charge >= 0.3 is 7.52 Å². The number of likely N-dealkylation sites (N-methyl/N-ethyl adjacent to an activating group) is 1. The van der Waals surface area contributed by atoms with Gasteiger partial charge in [0.1, 0.15) is 6.54 Å². The molecule has 0 aliphatic carbocycles. The van der Waals surface area contributed by atoms with E-state index in [0.29, 0.717) is 19.3 Å². The Bertz CT molecular complexity index is 896. The Kier molecular flexibility index (Phi) is 28.9. The lowest BCUT2D eigenvalue weighted by Gasteiger charge is -2.39. The molecular weight excluding hydrogens is 645 g/mol. The summed E-state index contributed by atoms with van der Waals surface area (Å²) < 4.78 is 20.5. The molecule has 50 heavy (non-hydrogen) atoms. The fourth-order valence-corrected chi connectivity index (χ4v) is 8.83. The molecule has 4 unspecified atom stereocenters. The van der Waals surface area contributed by atoms with Crippen LogP contribution >= 0.6 is 7.52 Å². The highest BCUT2D eigenvalue weighted by Crippen LogP contribution is 2.53. The summed E-state index contributed by atoms with van der Waals surface area (Å²) in [6, 6.07) is 0. The molecular formula is C41H85N3O5P+. The third kappa shape index (κ3) is 25.9. The summed E-state index contributed by atoms with van der Waals surface area (Å²) in [5.41, 5.74) is -2.21. The zero-order chi connectivity index (χ0) is 37.7. The first-order chi connectivity index (χ1) is 23.7. The molecule has 0 fully saturated rings. The second-order valence-corrected chi connectivity index (χ2v) is 18.9. The van der Waals surface area contributed by atoms with E-state index in [-0.39, 0.29) is 36.4 Å². The standard InChI is InChI=1S/C41H84N3O5P/c1-9-12-29-37(4)31-25-21-17-15-19-23-27-33-39(45)42-41(47,36-44(6,7)8)50(48,49-35-14-11-3)43-40(46)34-28-24-20-16-18-22-26-32-38(5)30-13-10-2/h37-38,47H,9-36H2,1-8H3,(H-,42,43,45,46,48)/p+1. The van der Waals surface area contributed by atoms with Crippen LogP contribution in [0, 0.1) is 11.8 Å². The van der Waals surface area contributed by atoms with Crippen molar-refractivity contribution in [3.05, 3.63) is 0 Å². The molecule has 0 bridgehead atoms. The van der Waals surface area contributed by atoms with Gasteiger partial charge in [-0.1, -0.05) is 169 Å². The smallest absolute Gasteiger partial charge is 0.353 e. The van der Waals surface area contributed by atoms with Gasteiger partial charge in [-0.05, 0) is 31.1 Å². The molecule has 2 amide bonds. The molecule has 0 rings (SSSR count). The lowest BCUT2D eigenvalue weighted by atomic mass is 9.97. The van der Waals surface area contributed by atoms with E-state index in [1.165, 1.54) is 96.3 Å². The molecule has 0 heterocycles. The summed E-state index contributed by atoms with van der Waals surface area (Å²) in [7, 11) is 1.33. The van der Waals surface area contributed by atoms with Crippen LogP contribution in [0.4, 0.5) is 0 Å². The van der Waals surface area contributed by atoms with E-state index in [4.69, 9.17) is 4.52 Å². The minimum absolute atomic E-state index is 0.0726. The van der Waals surface area contributed by atoms with E-state index in [0.717, 1.165) is 50.4 Å². The maximum absolute atomic E-state index is 14.4. The Hall–Kier alpha value is -0.950. The molecule has 0 aromatic rings. The van der Waals surface area contributed by atoms with Gasteiger partial charge in [-0.15, -0.1) is 0 Å². The zero-order valence-electron chi connectivity index (χ0n) is 34.4. The van der Waals surface area contributed by atoms with Gasteiger partial charge in [0, 0.05) is 12.8 Å². The minimum atomic E-state index is -4.23. The Morgan fingerprint density at radius 1 is 0.620 bits per heavy atom. The maximum Gasteiger partial charge on any atom is 0.353 e. The van der Waals surface area contributed by atoms with E-state index >= 15 is 0 Å². The van der Waals surface area contributed by atoms with Gasteiger partial charge in [0.2, 0.25) is 11.8 Å². The van der Waals surface area contributed by atoms with Gasteiger partial charge in [0.25, 0.3) is 5.47 Å². The van der Waals surface area contributed by atoms with Crippen molar-refractivity contribution >= 4 is 19.3 Å². The number of hydrogen-bond donors (Lipinski definition) is 3. The van der Waals surface area contributed by atoms with Crippen molar-refractivity contribution in [3.8, 4) is 0 Å². The van der Waals surface area contributed by atoms with Gasteiger partial charge in [-0.25, -0.2) is 0 Å². The van der Waals surface area contributed by atoms with Crippen LogP contribution in [0.2, 0.25) is 0 Å². The molecule has 0 saturated carbocycles. The Labute approximate surface area is 310 Å². The third-order valence-electron chi connectivity index (χ3n) is 9.87. The largest absolute Gasteiger partial charge is 0.357 e. The van der Waals surface area contributed by atoms with Gasteiger partial charge in [-0.3, -0.25) is 19.2 Å². The average molecular weight is 731 g/mol. The van der Waals surface area contributed by atoms with Crippen LogP contribution in [0.25, 0.3) is 0 Å². The molecule has 4 atom stereocenters. The number of hydrogen-bond acceptors (Lipinski definition) is 5. The molecule has 0 aliphatic rings. The summed E-state index contributed by atoms with van der Waals surface area (Å²) in [6.45, 7) is 11.3. The number of carbonyl (C=O) groups excluding carboxylic acids is 2. The second kappa shape index (κ2) is 29.5. The fourth-order valence-electron chi connectivity index (χ4n) is 6.66. The molecule has 8 nitrogen and oxygen atoms in total. The van der Waals surface area contributed by atoms with Gasteiger partial charge in [0.15, 0.2) is 0 Å². The number of amides is 2. The first-order valence-electron chi connectivity index (χ1n) is 21.1. The number of nitrogens with zero attached hydrogens (tertiary/aromatic N) is 1. The molecule has 9 heteroatoms. The molecule has 298 valence electrons. The van der Waals surface area contributed by atoms with Crippen molar-refractivity contribution in [3.63, 3.8) is 0 Å². The predicted molar refractivity (Wildman–Crippen MR) is 213 cm³/mol. The molecule has 0 aliphatic heterocycles. The monoisotopic (exact) mass is 731 g/mol. The van der Waals surface area contributed by atoms with Crippen LogP contribution in [-0.4, -0.2) is 61.2 Å². The van der Waals surface area contributed by atoms with Crippen LogP contribution in [0.3, 0.4) is 0 Å². The van der Waals surface area contributed by atoms with Crippen molar-refractivity contribution in [2.75, 3.05) is 34.3 Å². The van der Waals surface area contributed by atoms with Crippen molar-refractivity contribution in [2.45, 2.75) is 207 Å². The topological polar surface area (TPSA) is 105 Å². The van der Waals surface area contributed by atoms with Crippen molar-refractivity contribution in [1.29, 1.82) is 0 Å². The number of carbonyl (C=O) groups is 2. The number of rotatable bonds is 35. The third-order valence-corrected chi connectivity index (χ3v) is 12.2. The first-order valence-corrected chi connectivity index (χ1v) is 22.7. The van der Waals surface area contributed by atoms with E-state index in [9.17, 15) is 19.3 Å². The van der Waals surface area contributed by atoms with Crippen LogP contribution < -0.4 is 10.4 Å². The van der Waals surface area contributed by atoms with E-state index in [2.05, 4.69) is 38.1 Å². The van der Waals surface area contributed by atoms with E-state index in [1.54, 1.807) is 0 Å². The highest BCUT2D eigenvalue weighted by Gasteiger charge is 2.54. The lowest BCUT2D eigenvalue weighted by Crippen LogP contribution is -2.60. The first kappa shape index (κ1) is 49.0. The summed E-state index contributed by atoms with van der Waals surface area (Å²) in [5, 5.41) is 17.2. The quantitative estimate of drug-likeness (QED) is 0.0261. The molecule has 0 spiro atoms. The number of nitrogens with one attached hydrogen (secondary N) is 2. The lowest BCUT2D eigenvalue weighted by molar-refractivity contribution is -0.875. The van der Waals surface area contributed by atoms with Gasteiger partial charge in [-0.2, -0.15) is 0 Å². The summed E-state index contributed by atoms with van der Waals surface area (Å²) in [6.07, 6.45) is 27.8. The summed E-state index contributed by atoms with van der Waals surface area (Å²) in [4.78, 5) is 26.3. The molecule has 0 aromatic heterocycles. The van der Waals surface area contributed by atoms with Crippen LogP contribution in [0.1, 0.15) is 202 Å². The molecule has 0 saturated heterocycles. The van der Waals surface area contributed by atoms with Gasteiger partial charge < -0.3 is 19.4 Å². The number of aliphatic hydroxyl groups is 1. The van der Waals surface area contributed by atoms with Crippen molar-refractivity contribution in [2.24, 2.45) is 11.8 Å². The Balaban J connectivity index is 4.89. The second-order valence-electron chi connectivity index (χ2n) is 16.6. The highest BCUT2D eigenvalue weighted by molar-refractivity contribution is 7.59. The maximum atomic E-state index is 14.4. The fraction of sp³-hybridized carbons (Fsp3) is 0.951. The minimum Gasteiger partial charge on any atom is -0.357 e. The molecule has 3 N–H and O–H groups in total. The highest BCUT2D eigenvalue weighted by atomic mass is 31.2. The van der Waals surface area contributed by atoms with Crippen molar-refractivity contribution < 1.29 is 28.3 Å².